The standard InChI is InChI=1S/C15H11BrN8/c16-13-4-6-20-24(13)12-8-19-15(22-14(12)17)23-9-10(7-21-23)11-3-1-2-5-18-11/h1-9H,(H2,17,19,22). The average Bonchev–Trinajstić information content (AvgIpc) is 3.25. The zero-order valence-electron chi connectivity index (χ0n) is 12.3. The number of rotatable bonds is 3. The molecule has 0 aliphatic heterocycles. The van der Waals surface area contributed by atoms with Crippen LogP contribution in [0.5, 0.6) is 0 Å². The molecular formula is C15H11BrN8. The normalized spacial score (nSPS) is 10.9. The van der Waals surface area contributed by atoms with Gasteiger partial charge in [0.25, 0.3) is 5.95 Å². The monoisotopic (exact) mass is 382 g/mol. The third kappa shape index (κ3) is 2.54. The van der Waals surface area contributed by atoms with Crippen molar-refractivity contribution < 1.29 is 0 Å². The first kappa shape index (κ1) is 14.5. The van der Waals surface area contributed by atoms with Crippen molar-refractivity contribution in [1.82, 2.24) is 34.5 Å². The van der Waals surface area contributed by atoms with Crippen molar-refractivity contribution in [1.29, 1.82) is 0 Å². The number of hydrogen-bond donors (Lipinski definition) is 1. The van der Waals surface area contributed by atoms with E-state index in [1.807, 2.05) is 18.2 Å². The van der Waals surface area contributed by atoms with E-state index in [1.165, 1.54) is 0 Å². The third-order valence-electron chi connectivity index (χ3n) is 3.36. The fraction of sp³-hybridized carbons (Fsp3) is 0. The molecular weight excluding hydrogens is 372 g/mol. The van der Waals surface area contributed by atoms with Gasteiger partial charge in [-0.25, -0.2) is 14.3 Å². The Labute approximate surface area is 145 Å². The molecule has 8 nitrogen and oxygen atoms in total. The Morgan fingerprint density at radius 3 is 2.62 bits per heavy atom. The van der Waals surface area contributed by atoms with Crippen molar-refractivity contribution >= 4 is 21.7 Å². The van der Waals surface area contributed by atoms with Gasteiger partial charge in [-0.1, -0.05) is 6.07 Å². The molecule has 0 fully saturated rings. The summed E-state index contributed by atoms with van der Waals surface area (Å²) >= 11 is 3.39. The van der Waals surface area contributed by atoms with Gasteiger partial charge in [-0.05, 0) is 34.1 Å². The number of halogens is 1. The van der Waals surface area contributed by atoms with E-state index < -0.39 is 0 Å². The molecule has 0 spiro atoms. The number of nitrogens with two attached hydrogens (primary N) is 1. The SMILES string of the molecule is Nc1nc(-n2cc(-c3ccccn3)cn2)ncc1-n1nccc1Br. The van der Waals surface area contributed by atoms with Crippen LogP contribution >= 0.6 is 15.9 Å². The molecule has 0 aliphatic rings. The zero-order chi connectivity index (χ0) is 16.5. The summed E-state index contributed by atoms with van der Waals surface area (Å²) in [5, 5.41) is 8.45. The van der Waals surface area contributed by atoms with E-state index in [2.05, 4.69) is 41.1 Å². The van der Waals surface area contributed by atoms with E-state index in [0.717, 1.165) is 15.9 Å². The van der Waals surface area contributed by atoms with Crippen LogP contribution in [0, 0.1) is 0 Å². The molecule has 0 radical (unpaired) electrons. The summed E-state index contributed by atoms with van der Waals surface area (Å²) < 4.78 is 3.94. The Hall–Kier alpha value is -3.07. The van der Waals surface area contributed by atoms with Crippen molar-refractivity contribution in [3.05, 3.63) is 59.9 Å². The number of nitrogens with zero attached hydrogens (tertiary/aromatic N) is 7. The van der Waals surface area contributed by atoms with Crippen LogP contribution in [-0.4, -0.2) is 34.5 Å². The van der Waals surface area contributed by atoms with Crippen LogP contribution in [0.4, 0.5) is 5.82 Å². The topological polar surface area (TPSA) is 100 Å². The van der Waals surface area contributed by atoms with Crippen LogP contribution < -0.4 is 5.73 Å². The van der Waals surface area contributed by atoms with Gasteiger partial charge >= 0.3 is 0 Å². The van der Waals surface area contributed by atoms with Crippen molar-refractivity contribution in [3.63, 3.8) is 0 Å². The van der Waals surface area contributed by atoms with Crippen LogP contribution in [0.25, 0.3) is 22.9 Å². The first-order chi connectivity index (χ1) is 11.7. The van der Waals surface area contributed by atoms with E-state index in [-0.39, 0.29) is 0 Å². The van der Waals surface area contributed by atoms with Crippen LogP contribution in [-0.2, 0) is 0 Å². The first-order valence-electron chi connectivity index (χ1n) is 7.01. The minimum atomic E-state index is 0.305. The smallest absolute Gasteiger partial charge is 0.252 e. The van der Waals surface area contributed by atoms with Crippen molar-refractivity contribution in [2.75, 3.05) is 5.73 Å². The lowest BCUT2D eigenvalue weighted by Crippen LogP contribution is -2.09. The van der Waals surface area contributed by atoms with Crippen LogP contribution in [0.1, 0.15) is 0 Å². The summed E-state index contributed by atoms with van der Waals surface area (Å²) in [7, 11) is 0. The van der Waals surface area contributed by atoms with Gasteiger partial charge in [-0.15, -0.1) is 0 Å². The van der Waals surface area contributed by atoms with E-state index in [0.29, 0.717) is 17.5 Å². The Kier molecular flexibility index (Phi) is 3.54. The van der Waals surface area contributed by atoms with Crippen LogP contribution in [0.15, 0.2) is 59.9 Å². The largest absolute Gasteiger partial charge is 0.382 e. The molecule has 0 saturated carbocycles. The second-order valence-corrected chi connectivity index (χ2v) is 5.71. The third-order valence-corrected chi connectivity index (χ3v) is 3.96. The Morgan fingerprint density at radius 1 is 1.00 bits per heavy atom. The highest BCUT2D eigenvalue weighted by molar-refractivity contribution is 9.10. The Bertz CT molecular complexity index is 992. The molecule has 118 valence electrons. The van der Waals surface area contributed by atoms with E-state index in [1.54, 1.807) is 46.4 Å². The molecule has 0 aliphatic carbocycles. The lowest BCUT2D eigenvalue weighted by atomic mass is 10.2. The summed E-state index contributed by atoms with van der Waals surface area (Å²) in [5.41, 5.74) is 8.34. The van der Waals surface area contributed by atoms with Crippen molar-refractivity contribution in [2.24, 2.45) is 0 Å². The molecule has 0 amide bonds. The summed E-state index contributed by atoms with van der Waals surface area (Å²) in [4.78, 5) is 12.9. The minimum absolute atomic E-state index is 0.305. The molecule has 2 N–H and O–H groups in total. The van der Waals surface area contributed by atoms with Gasteiger partial charge < -0.3 is 5.73 Å². The van der Waals surface area contributed by atoms with Gasteiger partial charge in [0.2, 0.25) is 0 Å². The maximum absolute atomic E-state index is 6.05. The van der Waals surface area contributed by atoms with Gasteiger partial charge in [-0.3, -0.25) is 4.98 Å². The zero-order valence-corrected chi connectivity index (χ0v) is 13.9. The summed E-state index contributed by atoms with van der Waals surface area (Å²) in [5.74, 6) is 0.681. The number of nitrogen functional groups attached to an aromatic ring is 1. The second kappa shape index (κ2) is 5.85. The van der Waals surface area contributed by atoms with E-state index >= 15 is 0 Å². The van der Waals surface area contributed by atoms with Crippen molar-refractivity contribution in [3.8, 4) is 22.9 Å². The highest BCUT2D eigenvalue weighted by Gasteiger charge is 2.12. The Balaban J connectivity index is 1.70. The molecule has 0 unspecified atom stereocenters. The molecule has 24 heavy (non-hydrogen) atoms. The maximum Gasteiger partial charge on any atom is 0.252 e. The molecule has 4 aromatic rings. The highest BCUT2D eigenvalue weighted by atomic mass is 79.9. The molecule has 0 bridgehead atoms. The fourth-order valence-corrected chi connectivity index (χ4v) is 2.62. The molecule has 0 aromatic carbocycles. The highest BCUT2D eigenvalue weighted by Crippen LogP contribution is 2.21. The predicted octanol–water partition coefficient (Wildman–Crippen LogP) is 2.25. The van der Waals surface area contributed by atoms with Gasteiger partial charge in [0, 0.05) is 18.0 Å². The lowest BCUT2D eigenvalue weighted by molar-refractivity contribution is 0.793. The van der Waals surface area contributed by atoms with Gasteiger partial charge in [0.05, 0.1) is 24.3 Å². The minimum Gasteiger partial charge on any atom is -0.382 e. The number of anilines is 1. The average molecular weight is 383 g/mol. The molecule has 4 aromatic heterocycles. The van der Waals surface area contributed by atoms with E-state index in [9.17, 15) is 0 Å². The predicted molar refractivity (Wildman–Crippen MR) is 91.6 cm³/mol. The number of hydrogen-bond acceptors (Lipinski definition) is 6. The van der Waals surface area contributed by atoms with E-state index in [4.69, 9.17) is 5.73 Å². The summed E-state index contributed by atoms with van der Waals surface area (Å²) in [6.45, 7) is 0. The fourth-order valence-electron chi connectivity index (χ4n) is 2.21. The van der Waals surface area contributed by atoms with Gasteiger partial charge in [-0.2, -0.15) is 15.2 Å². The maximum atomic E-state index is 6.05. The van der Waals surface area contributed by atoms with Crippen LogP contribution in [0.2, 0.25) is 0 Å². The number of pyridine rings is 1. The molecule has 4 rings (SSSR count). The second-order valence-electron chi connectivity index (χ2n) is 4.89. The summed E-state index contributed by atoms with van der Waals surface area (Å²) in [6.07, 6.45) is 8.51. The number of aromatic nitrogens is 7. The Morgan fingerprint density at radius 2 is 1.92 bits per heavy atom. The van der Waals surface area contributed by atoms with Crippen molar-refractivity contribution in [2.45, 2.75) is 0 Å². The molecule has 0 saturated heterocycles. The van der Waals surface area contributed by atoms with Crippen LogP contribution in [0.3, 0.4) is 0 Å². The first-order valence-corrected chi connectivity index (χ1v) is 7.80. The molecule has 9 heteroatoms. The van der Waals surface area contributed by atoms with Gasteiger partial charge in [0.1, 0.15) is 10.3 Å². The summed E-state index contributed by atoms with van der Waals surface area (Å²) in [6, 6.07) is 7.50. The quantitative estimate of drug-likeness (QED) is 0.583. The lowest BCUT2D eigenvalue weighted by Gasteiger charge is -2.07. The van der Waals surface area contributed by atoms with Gasteiger partial charge in [0.15, 0.2) is 5.82 Å². The molecule has 0 atom stereocenters. The molecule has 4 heterocycles.